The maximum atomic E-state index is 11.5. The second kappa shape index (κ2) is 9.38. The van der Waals surface area contributed by atoms with Crippen molar-refractivity contribution in [1.29, 1.82) is 0 Å². The largest absolute Gasteiger partial charge is 0.391 e. The monoisotopic (exact) mass is 460 g/mol. The van der Waals surface area contributed by atoms with E-state index in [9.17, 15) is 13.5 Å². The van der Waals surface area contributed by atoms with Crippen LogP contribution in [0.25, 0.3) is 0 Å². The quantitative estimate of drug-likeness (QED) is 0.359. The molecule has 2 saturated heterocycles. The second-order valence-corrected chi connectivity index (χ2v) is 8.17. The Balaban J connectivity index is 0.00000264. The average molecular weight is 460 g/mol. The van der Waals surface area contributed by atoms with Gasteiger partial charge in [0.05, 0.1) is 12.4 Å². The topological polar surface area (TPSA) is 85.2 Å². The molecule has 0 bridgehead atoms. The Labute approximate surface area is 156 Å². The van der Waals surface area contributed by atoms with E-state index in [0.717, 1.165) is 38.3 Å². The Bertz CT molecular complexity index is 492. The molecule has 0 aromatic rings. The van der Waals surface area contributed by atoms with Gasteiger partial charge in [0.2, 0.25) is 10.0 Å². The average Bonchev–Trinajstić information content (AvgIpc) is 2.89. The lowest BCUT2D eigenvalue weighted by Gasteiger charge is -2.30. The van der Waals surface area contributed by atoms with Crippen molar-refractivity contribution in [2.45, 2.75) is 32.3 Å². The molecule has 0 radical (unpaired) electrons. The Morgan fingerprint density at radius 1 is 1.26 bits per heavy atom. The molecular weight excluding hydrogens is 431 g/mol. The van der Waals surface area contributed by atoms with E-state index in [4.69, 9.17) is 4.99 Å². The highest BCUT2D eigenvalue weighted by Crippen LogP contribution is 2.19. The summed E-state index contributed by atoms with van der Waals surface area (Å²) in [6, 6.07) is 0. The Kier molecular flexibility index (Phi) is 8.53. The SMILES string of the molecule is CCNC(=NCC1CCN(S(C)(=O)=O)CC1)N1CC[C@@H](O)C1.I. The van der Waals surface area contributed by atoms with Crippen molar-refractivity contribution in [3.8, 4) is 0 Å². The zero-order valence-electron chi connectivity index (χ0n) is 13.9. The van der Waals surface area contributed by atoms with E-state index in [1.165, 1.54) is 6.26 Å². The first-order chi connectivity index (χ1) is 10.4. The van der Waals surface area contributed by atoms with Crippen molar-refractivity contribution in [3.63, 3.8) is 0 Å². The molecular formula is C14H29IN4O3S. The van der Waals surface area contributed by atoms with E-state index < -0.39 is 10.0 Å². The first-order valence-electron chi connectivity index (χ1n) is 8.06. The lowest BCUT2D eigenvalue weighted by Crippen LogP contribution is -2.41. The summed E-state index contributed by atoms with van der Waals surface area (Å²) in [7, 11) is -3.06. The number of aliphatic hydroxyl groups is 1. The number of aliphatic hydroxyl groups excluding tert-OH is 1. The van der Waals surface area contributed by atoms with Gasteiger partial charge in [0, 0.05) is 39.3 Å². The van der Waals surface area contributed by atoms with Crippen LogP contribution in [0.5, 0.6) is 0 Å². The van der Waals surface area contributed by atoms with Crippen molar-refractivity contribution in [3.05, 3.63) is 0 Å². The van der Waals surface area contributed by atoms with Crippen LogP contribution in [0.3, 0.4) is 0 Å². The van der Waals surface area contributed by atoms with Crippen molar-refractivity contribution < 1.29 is 13.5 Å². The predicted molar refractivity (Wildman–Crippen MR) is 103 cm³/mol. The first-order valence-corrected chi connectivity index (χ1v) is 9.91. The van der Waals surface area contributed by atoms with Crippen molar-refractivity contribution >= 4 is 40.0 Å². The molecule has 136 valence electrons. The lowest BCUT2D eigenvalue weighted by molar-refractivity contribution is 0.187. The molecule has 0 spiro atoms. The summed E-state index contributed by atoms with van der Waals surface area (Å²) < 4.78 is 24.6. The number of nitrogens with one attached hydrogen (secondary N) is 1. The number of rotatable bonds is 4. The number of piperidine rings is 1. The molecule has 0 unspecified atom stereocenters. The third kappa shape index (κ3) is 6.35. The molecule has 7 nitrogen and oxygen atoms in total. The van der Waals surface area contributed by atoms with Gasteiger partial charge in [0.25, 0.3) is 0 Å². The van der Waals surface area contributed by atoms with Crippen LogP contribution in [0, 0.1) is 5.92 Å². The molecule has 0 aromatic heterocycles. The predicted octanol–water partition coefficient (Wildman–Crippen LogP) is 0.308. The second-order valence-electron chi connectivity index (χ2n) is 6.19. The summed E-state index contributed by atoms with van der Waals surface area (Å²) in [5.41, 5.74) is 0. The number of likely N-dealkylation sites (tertiary alicyclic amines) is 1. The molecule has 0 saturated carbocycles. The maximum absolute atomic E-state index is 11.5. The number of hydrogen-bond donors (Lipinski definition) is 2. The molecule has 2 aliphatic heterocycles. The third-order valence-corrected chi connectivity index (χ3v) is 5.64. The summed E-state index contributed by atoms with van der Waals surface area (Å²) in [4.78, 5) is 6.79. The highest BCUT2D eigenvalue weighted by Gasteiger charge is 2.26. The molecule has 9 heteroatoms. The van der Waals surface area contributed by atoms with Gasteiger partial charge in [0.1, 0.15) is 0 Å². The molecule has 2 heterocycles. The van der Waals surface area contributed by atoms with Crippen LogP contribution in [0.15, 0.2) is 4.99 Å². The van der Waals surface area contributed by atoms with Crippen LogP contribution in [-0.2, 0) is 10.0 Å². The van der Waals surface area contributed by atoms with Gasteiger partial charge in [-0.2, -0.15) is 0 Å². The van der Waals surface area contributed by atoms with E-state index in [2.05, 4.69) is 10.2 Å². The van der Waals surface area contributed by atoms with Crippen LogP contribution in [0.2, 0.25) is 0 Å². The highest BCUT2D eigenvalue weighted by molar-refractivity contribution is 14.0. The van der Waals surface area contributed by atoms with E-state index in [1.54, 1.807) is 4.31 Å². The van der Waals surface area contributed by atoms with Crippen molar-refractivity contribution in [2.75, 3.05) is 45.5 Å². The minimum atomic E-state index is -3.06. The number of hydrogen-bond acceptors (Lipinski definition) is 4. The fraction of sp³-hybridized carbons (Fsp3) is 0.929. The summed E-state index contributed by atoms with van der Waals surface area (Å²) >= 11 is 0. The van der Waals surface area contributed by atoms with E-state index in [1.807, 2.05) is 6.92 Å². The number of aliphatic imine (C=N–C) groups is 1. The van der Waals surface area contributed by atoms with Gasteiger partial charge in [-0.15, -0.1) is 24.0 Å². The molecule has 2 fully saturated rings. The smallest absolute Gasteiger partial charge is 0.211 e. The molecule has 0 aromatic carbocycles. The third-order valence-electron chi connectivity index (χ3n) is 4.34. The van der Waals surface area contributed by atoms with Gasteiger partial charge in [0.15, 0.2) is 5.96 Å². The van der Waals surface area contributed by atoms with E-state index in [-0.39, 0.29) is 30.1 Å². The van der Waals surface area contributed by atoms with Gasteiger partial charge in [-0.25, -0.2) is 12.7 Å². The number of halogens is 1. The lowest BCUT2D eigenvalue weighted by atomic mass is 9.98. The number of nitrogens with zero attached hydrogens (tertiary/aromatic N) is 3. The van der Waals surface area contributed by atoms with Crippen LogP contribution in [0.1, 0.15) is 26.2 Å². The normalized spacial score (nSPS) is 24.6. The highest BCUT2D eigenvalue weighted by atomic mass is 127. The standard InChI is InChI=1S/C14H28N4O3S.HI/c1-3-15-14(17-7-6-13(19)11-17)16-10-12-4-8-18(9-5-12)22(2,20)21;/h12-13,19H,3-11H2,1-2H3,(H,15,16);1H/t13-;/m1./s1. The van der Waals surface area contributed by atoms with Gasteiger partial charge >= 0.3 is 0 Å². The number of sulfonamides is 1. The van der Waals surface area contributed by atoms with Crippen molar-refractivity contribution in [2.24, 2.45) is 10.9 Å². The van der Waals surface area contributed by atoms with E-state index >= 15 is 0 Å². The number of β-amino-alcohol motifs (C(OH)–C–C–N with tert-alkyl or cyclic N) is 1. The summed E-state index contributed by atoms with van der Waals surface area (Å²) in [5.74, 6) is 1.30. The Morgan fingerprint density at radius 2 is 1.91 bits per heavy atom. The number of guanidine groups is 1. The van der Waals surface area contributed by atoms with Gasteiger partial charge < -0.3 is 15.3 Å². The van der Waals surface area contributed by atoms with Crippen LogP contribution in [0.4, 0.5) is 0 Å². The minimum absolute atomic E-state index is 0. The maximum Gasteiger partial charge on any atom is 0.211 e. The minimum Gasteiger partial charge on any atom is -0.391 e. The molecule has 1 atom stereocenters. The molecule has 0 amide bonds. The molecule has 23 heavy (non-hydrogen) atoms. The van der Waals surface area contributed by atoms with Crippen molar-refractivity contribution in [1.82, 2.24) is 14.5 Å². The molecule has 2 N–H and O–H groups in total. The Morgan fingerprint density at radius 3 is 2.39 bits per heavy atom. The van der Waals surface area contributed by atoms with E-state index in [0.29, 0.717) is 32.1 Å². The molecule has 0 aliphatic carbocycles. The van der Waals surface area contributed by atoms with Gasteiger partial charge in [-0.05, 0) is 32.1 Å². The van der Waals surface area contributed by atoms with Crippen LogP contribution in [-0.4, -0.2) is 80.3 Å². The zero-order valence-corrected chi connectivity index (χ0v) is 17.1. The van der Waals surface area contributed by atoms with Gasteiger partial charge in [-0.3, -0.25) is 4.99 Å². The zero-order chi connectivity index (χ0) is 16.2. The fourth-order valence-corrected chi connectivity index (χ4v) is 3.87. The van der Waals surface area contributed by atoms with Crippen LogP contribution < -0.4 is 5.32 Å². The first kappa shape index (κ1) is 20.9. The molecule has 2 aliphatic rings. The Hall–Kier alpha value is -0.130. The molecule has 2 rings (SSSR count). The van der Waals surface area contributed by atoms with Crippen LogP contribution >= 0.6 is 24.0 Å². The fourth-order valence-electron chi connectivity index (χ4n) is 3.00. The summed E-state index contributed by atoms with van der Waals surface area (Å²) in [5, 5.41) is 12.9. The van der Waals surface area contributed by atoms with Gasteiger partial charge in [-0.1, -0.05) is 0 Å². The summed E-state index contributed by atoms with van der Waals surface area (Å²) in [6.07, 6.45) is 3.52. The summed E-state index contributed by atoms with van der Waals surface area (Å²) in [6.45, 7) is 6.21.